The van der Waals surface area contributed by atoms with Crippen molar-refractivity contribution in [3.05, 3.63) is 42.4 Å². The number of amides is 2. The van der Waals surface area contributed by atoms with Crippen LogP contribution in [0.3, 0.4) is 0 Å². The minimum atomic E-state index is -1.25. The summed E-state index contributed by atoms with van der Waals surface area (Å²) in [6.45, 7) is 0. The van der Waals surface area contributed by atoms with Crippen molar-refractivity contribution in [3.8, 4) is 5.75 Å². The third-order valence-corrected chi connectivity index (χ3v) is 2.29. The topological polar surface area (TPSA) is 124 Å². The Morgan fingerprint density at radius 3 is 2.55 bits per heavy atom. The number of hydrogen-bond donors (Lipinski definition) is 4. The maximum absolute atomic E-state index is 11.6. The molecule has 0 saturated heterocycles. The first-order valence-corrected chi connectivity index (χ1v) is 5.46. The lowest BCUT2D eigenvalue weighted by Crippen LogP contribution is -2.20. The molecule has 0 fully saturated rings. The van der Waals surface area contributed by atoms with Crippen LogP contribution in [0.25, 0.3) is 0 Å². The van der Waals surface area contributed by atoms with Gasteiger partial charge >= 0.3 is 12.0 Å². The van der Waals surface area contributed by atoms with E-state index >= 15 is 0 Å². The van der Waals surface area contributed by atoms with Gasteiger partial charge in [0.05, 0.1) is 6.20 Å². The molecule has 2 amide bonds. The number of carbonyl (C=O) groups excluding carboxylic acids is 1. The van der Waals surface area contributed by atoms with Gasteiger partial charge in [0.25, 0.3) is 0 Å². The molecule has 0 saturated carbocycles. The summed E-state index contributed by atoms with van der Waals surface area (Å²) in [5, 5.41) is 23.1. The Kier molecular flexibility index (Phi) is 3.75. The number of urea groups is 1. The van der Waals surface area contributed by atoms with E-state index in [1.165, 1.54) is 30.7 Å². The predicted molar refractivity (Wildman–Crippen MR) is 69.7 cm³/mol. The fraction of sp³-hybridized carbons (Fsp3) is 0. The minimum Gasteiger partial charge on any atom is -0.507 e. The highest BCUT2D eigenvalue weighted by molar-refractivity contribution is 6.00. The summed E-state index contributed by atoms with van der Waals surface area (Å²) in [7, 11) is 0. The Morgan fingerprint density at radius 1 is 1.15 bits per heavy atom. The standard InChI is InChI=1S/C12H10N4O4/c17-9-5-7(1-2-8(9)11(18)19)15-12(20)16-10-6-13-3-4-14-10/h1-6,17H,(H,18,19)(H2,14,15,16,20). The molecule has 1 heterocycles. The average Bonchev–Trinajstić information content (AvgIpc) is 2.39. The van der Waals surface area contributed by atoms with Crippen LogP contribution in [0.1, 0.15) is 10.4 Å². The van der Waals surface area contributed by atoms with E-state index in [1.807, 2.05) is 0 Å². The number of hydrogen-bond acceptors (Lipinski definition) is 5. The number of nitrogens with one attached hydrogen (secondary N) is 2. The molecular formula is C12H10N4O4. The molecule has 0 aliphatic carbocycles. The number of anilines is 2. The summed E-state index contributed by atoms with van der Waals surface area (Å²) in [5.74, 6) is -1.43. The SMILES string of the molecule is O=C(Nc1ccc(C(=O)O)c(O)c1)Nc1cnccn1. The first kappa shape index (κ1) is 13.3. The maximum Gasteiger partial charge on any atom is 0.339 e. The van der Waals surface area contributed by atoms with Crippen molar-refractivity contribution in [1.82, 2.24) is 9.97 Å². The zero-order valence-electron chi connectivity index (χ0n) is 10.1. The van der Waals surface area contributed by atoms with Gasteiger partial charge < -0.3 is 15.5 Å². The van der Waals surface area contributed by atoms with E-state index in [-0.39, 0.29) is 17.1 Å². The molecule has 0 spiro atoms. The molecule has 8 nitrogen and oxygen atoms in total. The molecule has 0 aliphatic rings. The maximum atomic E-state index is 11.6. The second-order valence-electron chi connectivity index (χ2n) is 3.71. The fourth-order valence-corrected chi connectivity index (χ4v) is 1.43. The number of rotatable bonds is 3. The van der Waals surface area contributed by atoms with Crippen LogP contribution in [0.2, 0.25) is 0 Å². The summed E-state index contributed by atoms with van der Waals surface area (Å²) in [6, 6.07) is 3.10. The lowest BCUT2D eigenvalue weighted by molar-refractivity contribution is 0.0694. The predicted octanol–water partition coefficient (Wildman–Crippen LogP) is 1.52. The van der Waals surface area contributed by atoms with E-state index in [4.69, 9.17) is 5.11 Å². The van der Waals surface area contributed by atoms with Crippen molar-refractivity contribution >= 4 is 23.5 Å². The van der Waals surface area contributed by atoms with Crippen LogP contribution < -0.4 is 10.6 Å². The van der Waals surface area contributed by atoms with E-state index in [0.29, 0.717) is 0 Å². The van der Waals surface area contributed by atoms with Crippen LogP contribution in [0.15, 0.2) is 36.8 Å². The van der Waals surface area contributed by atoms with Gasteiger partial charge in [-0.15, -0.1) is 0 Å². The monoisotopic (exact) mass is 274 g/mol. The molecule has 2 aromatic rings. The largest absolute Gasteiger partial charge is 0.507 e. The van der Waals surface area contributed by atoms with Gasteiger partial charge in [0.1, 0.15) is 11.3 Å². The molecule has 0 unspecified atom stereocenters. The fourth-order valence-electron chi connectivity index (χ4n) is 1.43. The number of carboxylic acid groups (broad SMARTS) is 1. The van der Waals surface area contributed by atoms with Gasteiger partial charge in [-0.3, -0.25) is 10.3 Å². The summed E-state index contributed by atoms with van der Waals surface area (Å²) in [5.41, 5.74) is -0.00113. The zero-order chi connectivity index (χ0) is 14.5. The van der Waals surface area contributed by atoms with Gasteiger partial charge in [-0.25, -0.2) is 14.6 Å². The number of nitrogens with zero attached hydrogens (tertiary/aromatic N) is 2. The van der Waals surface area contributed by atoms with E-state index in [9.17, 15) is 14.7 Å². The second-order valence-corrected chi connectivity index (χ2v) is 3.71. The van der Waals surface area contributed by atoms with Gasteiger partial charge in [0, 0.05) is 24.1 Å². The molecule has 1 aromatic carbocycles. The number of aromatic hydroxyl groups is 1. The van der Waals surface area contributed by atoms with Crippen molar-refractivity contribution < 1.29 is 19.8 Å². The average molecular weight is 274 g/mol. The molecule has 8 heteroatoms. The van der Waals surface area contributed by atoms with Crippen LogP contribution in [0, 0.1) is 0 Å². The first-order valence-electron chi connectivity index (χ1n) is 5.46. The van der Waals surface area contributed by atoms with Crippen LogP contribution in [0.4, 0.5) is 16.3 Å². The molecule has 2 rings (SSSR count). The first-order chi connectivity index (χ1) is 9.56. The van der Waals surface area contributed by atoms with Crippen LogP contribution in [0.5, 0.6) is 5.75 Å². The summed E-state index contributed by atoms with van der Waals surface area (Å²) < 4.78 is 0. The van der Waals surface area contributed by atoms with Gasteiger partial charge in [-0.05, 0) is 12.1 Å². The number of carbonyl (C=O) groups is 2. The molecule has 20 heavy (non-hydrogen) atoms. The molecule has 0 radical (unpaired) electrons. The summed E-state index contributed by atoms with van der Waals surface area (Å²) >= 11 is 0. The number of aromatic carboxylic acids is 1. The van der Waals surface area contributed by atoms with Crippen molar-refractivity contribution in [1.29, 1.82) is 0 Å². The molecular weight excluding hydrogens is 264 g/mol. The summed E-state index contributed by atoms with van der Waals surface area (Å²) in [4.78, 5) is 30.0. The number of phenols is 1. The molecule has 0 atom stereocenters. The molecule has 0 aliphatic heterocycles. The van der Waals surface area contributed by atoms with E-state index in [1.54, 1.807) is 0 Å². The van der Waals surface area contributed by atoms with E-state index < -0.39 is 17.7 Å². The van der Waals surface area contributed by atoms with Crippen molar-refractivity contribution in [2.24, 2.45) is 0 Å². The summed E-state index contributed by atoms with van der Waals surface area (Å²) in [6.07, 6.45) is 4.25. The van der Waals surface area contributed by atoms with E-state index in [2.05, 4.69) is 20.6 Å². The Labute approximate surface area is 113 Å². The third kappa shape index (κ3) is 3.19. The van der Waals surface area contributed by atoms with Gasteiger partial charge in [0.15, 0.2) is 5.82 Å². The highest BCUT2D eigenvalue weighted by atomic mass is 16.4. The van der Waals surface area contributed by atoms with E-state index in [0.717, 1.165) is 6.07 Å². The van der Waals surface area contributed by atoms with Crippen molar-refractivity contribution in [2.45, 2.75) is 0 Å². The highest BCUT2D eigenvalue weighted by Gasteiger charge is 2.11. The molecule has 1 aromatic heterocycles. The Morgan fingerprint density at radius 2 is 1.95 bits per heavy atom. The lowest BCUT2D eigenvalue weighted by Gasteiger charge is -2.07. The Bertz CT molecular complexity index is 645. The van der Waals surface area contributed by atoms with Crippen LogP contribution in [-0.4, -0.2) is 32.2 Å². The third-order valence-electron chi connectivity index (χ3n) is 2.29. The Balaban J connectivity index is 2.05. The number of carboxylic acids is 1. The number of benzene rings is 1. The molecule has 102 valence electrons. The molecule has 0 bridgehead atoms. The van der Waals surface area contributed by atoms with Crippen LogP contribution in [-0.2, 0) is 0 Å². The van der Waals surface area contributed by atoms with Gasteiger partial charge in [-0.2, -0.15) is 0 Å². The van der Waals surface area contributed by atoms with Crippen molar-refractivity contribution in [3.63, 3.8) is 0 Å². The normalized spacial score (nSPS) is 9.80. The number of aromatic nitrogens is 2. The molecule has 4 N–H and O–H groups in total. The van der Waals surface area contributed by atoms with Crippen molar-refractivity contribution in [2.75, 3.05) is 10.6 Å². The minimum absolute atomic E-state index is 0.244. The second kappa shape index (κ2) is 5.65. The zero-order valence-corrected chi connectivity index (χ0v) is 10.1. The van der Waals surface area contributed by atoms with Crippen LogP contribution >= 0.6 is 0 Å². The van der Waals surface area contributed by atoms with Gasteiger partial charge in [0.2, 0.25) is 0 Å². The quantitative estimate of drug-likeness (QED) is 0.672. The lowest BCUT2D eigenvalue weighted by atomic mass is 10.2. The highest BCUT2D eigenvalue weighted by Crippen LogP contribution is 2.21. The van der Waals surface area contributed by atoms with Gasteiger partial charge in [-0.1, -0.05) is 0 Å². The Hall–Kier alpha value is -3.16. The smallest absolute Gasteiger partial charge is 0.339 e.